The number of fused-ring (bicyclic) bond motifs is 1. The topological polar surface area (TPSA) is 91.0 Å². The minimum Gasteiger partial charge on any atom is -0.406 e. The maximum atomic E-state index is 13.9. The molecule has 0 saturated heterocycles. The number of hydrogen-bond acceptors (Lipinski definition) is 6. The van der Waals surface area contributed by atoms with Gasteiger partial charge in [0.15, 0.2) is 5.69 Å². The van der Waals surface area contributed by atoms with Gasteiger partial charge < -0.3 is 10.5 Å². The second-order valence-corrected chi connectivity index (χ2v) is 9.06. The van der Waals surface area contributed by atoms with Crippen LogP contribution in [0, 0.1) is 5.82 Å². The first-order valence-electron chi connectivity index (χ1n) is 10.8. The quantitative estimate of drug-likeness (QED) is 0.269. The fraction of sp³-hybridized carbons (Fsp3) is 0.0769. The zero-order valence-corrected chi connectivity index (χ0v) is 19.6. The van der Waals surface area contributed by atoms with Crippen molar-refractivity contribution in [1.82, 2.24) is 15.0 Å². The van der Waals surface area contributed by atoms with Crippen molar-refractivity contribution in [3.05, 3.63) is 95.0 Å². The van der Waals surface area contributed by atoms with Gasteiger partial charge in [0.05, 0.1) is 16.7 Å². The van der Waals surface area contributed by atoms with Crippen LogP contribution in [0.25, 0.3) is 32.7 Å². The molecule has 0 aliphatic heterocycles. The summed E-state index contributed by atoms with van der Waals surface area (Å²) in [5.74, 6) is -1.48. The lowest BCUT2D eigenvalue weighted by molar-refractivity contribution is -0.274. The van der Waals surface area contributed by atoms with E-state index >= 15 is 0 Å². The number of nitrogens with zero attached hydrogens (tertiary/aromatic N) is 3. The number of benzene rings is 3. The maximum Gasteiger partial charge on any atom is 0.573 e. The van der Waals surface area contributed by atoms with E-state index in [4.69, 9.17) is 10.7 Å². The number of para-hydroxylation sites is 1. The van der Waals surface area contributed by atoms with Crippen molar-refractivity contribution in [1.29, 1.82) is 0 Å². The number of carbonyl (C=O) groups is 1. The van der Waals surface area contributed by atoms with E-state index in [-0.39, 0.29) is 17.9 Å². The first kappa shape index (κ1) is 24.3. The molecule has 186 valence electrons. The Balaban J connectivity index is 1.49. The molecule has 0 saturated carbocycles. The summed E-state index contributed by atoms with van der Waals surface area (Å²) < 4.78 is 55.0. The van der Waals surface area contributed by atoms with Crippen LogP contribution >= 0.6 is 11.3 Å². The number of nitrogens with two attached hydrogens (primary N) is 1. The van der Waals surface area contributed by atoms with Gasteiger partial charge in [0.1, 0.15) is 16.6 Å². The third kappa shape index (κ3) is 5.41. The highest BCUT2D eigenvalue weighted by atomic mass is 32.1. The molecule has 6 nitrogen and oxygen atoms in total. The average Bonchev–Trinajstić information content (AvgIpc) is 3.31. The fourth-order valence-corrected chi connectivity index (χ4v) is 4.73. The summed E-state index contributed by atoms with van der Waals surface area (Å²) in [5.41, 5.74) is 8.69. The molecule has 37 heavy (non-hydrogen) atoms. The van der Waals surface area contributed by atoms with Crippen LogP contribution in [0.15, 0.2) is 72.9 Å². The lowest BCUT2D eigenvalue weighted by Gasteiger charge is -2.10. The zero-order chi connectivity index (χ0) is 26.2. The van der Waals surface area contributed by atoms with Gasteiger partial charge in [-0.2, -0.15) is 0 Å². The number of alkyl halides is 3. The third-order valence-corrected chi connectivity index (χ3v) is 6.41. The number of halogens is 4. The third-order valence-electron chi connectivity index (χ3n) is 5.37. The van der Waals surface area contributed by atoms with Crippen molar-refractivity contribution in [3.8, 4) is 27.4 Å². The molecule has 2 N–H and O–H groups in total. The van der Waals surface area contributed by atoms with Crippen molar-refractivity contribution in [2.75, 3.05) is 0 Å². The monoisotopic (exact) mass is 524 g/mol. The molecule has 0 radical (unpaired) electrons. The molecule has 3 aromatic carbocycles. The van der Waals surface area contributed by atoms with E-state index in [1.54, 1.807) is 36.5 Å². The van der Waals surface area contributed by atoms with E-state index in [2.05, 4.69) is 14.7 Å². The zero-order valence-electron chi connectivity index (χ0n) is 18.8. The van der Waals surface area contributed by atoms with Crippen LogP contribution < -0.4 is 10.5 Å². The fourth-order valence-electron chi connectivity index (χ4n) is 3.81. The van der Waals surface area contributed by atoms with Crippen molar-refractivity contribution in [2.45, 2.75) is 12.8 Å². The van der Waals surface area contributed by atoms with E-state index < -0.39 is 18.1 Å². The number of ether oxygens (including phenoxy) is 1. The average molecular weight is 524 g/mol. The summed E-state index contributed by atoms with van der Waals surface area (Å²) in [5, 5.41) is 0.559. The van der Waals surface area contributed by atoms with Gasteiger partial charge in [0.25, 0.3) is 5.91 Å². The van der Waals surface area contributed by atoms with Gasteiger partial charge >= 0.3 is 6.36 Å². The molecule has 5 rings (SSSR count). The number of aromatic nitrogens is 3. The number of thiazole rings is 1. The van der Waals surface area contributed by atoms with Crippen LogP contribution in [0.3, 0.4) is 0 Å². The molecule has 1 amide bonds. The summed E-state index contributed by atoms with van der Waals surface area (Å²) in [6, 6.07) is 16.7. The Morgan fingerprint density at radius 3 is 2.43 bits per heavy atom. The molecule has 2 aromatic heterocycles. The summed E-state index contributed by atoms with van der Waals surface area (Å²) in [6.07, 6.45) is -3.00. The first-order valence-corrected chi connectivity index (χ1v) is 11.6. The van der Waals surface area contributed by atoms with Crippen LogP contribution in [0.2, 0.25) is 0 Å². The van der Waals surface area contributed by atoms with Crippen molar-refractivity contribution in [2.24, 2.45) is 5.73 Å². The molecule has 0 spiro atoms. The molecule has 0 aliphatic rings. The predicted octanol–water partition coefficient (Wildman–Crippen LogP) is 6.15. The number of carbonyl (C=O) groups excluding carboxylic acids is 1. The van der Waals surface area contributed by atoms with E-state index in [9.17, 15) is 22.4 Å². The Morgan fingerprint density at radius 1 is 0.973 bits per heavy atom. The molecule has 0 aliphatic carbocycles. The van der Waals surface area contributed by atoms with Crippen molar-refractivity contribution < 1.29 is 27.1 Å². The van der Waals surface area contributed by atoms with Gasteiger partial charge in [-0.05, 0) is 48.0 Å². The lowest BCUT2D eigenvalue weighted by Crippen LogP contribution is -2.17. The number of rotatable bonds is 6. The van der Waals surface area contributed by atoms with Gasteiger partial charge in [-0.25, -0.2) is 19.3 Å². The van der Waals surface area contributed by atoms with Gasteiger partial charge in [0.2, 0.25) is 0 Å². The minimum atomic E-state index is -4.77. The predicted molar refractivity (Wildman–Crippen MR) is 130 cm³/mol. The van der Waals surface area contributed by atoms with E-state index in [0.29, 0.717) is 38.4 Å². The summed E-state index contributed by atoms with van der Waals surface area (Å²) in [4.78, 5) is 26.4. The molecular weight excluding hydrogens is 508 g/mol. The van der Waals surface area contributed by atoms with Crippen LogP contribution in [-0.2, 0) is 6.42 Å². The largest absolute Gasteiger partial charge is 0.573 e. The minimum absolute atomic E-state index is 0.00694. The molecule has 0 atom stereocenters. The Bertz CT molecular complexity index is 1620. The van der Waals surface area contributed by atoms with Gasteiger partial charge in [-0.3, -0.25) is 4.79 Å². The highest BCUT2D eigenvalue weighted by molar-refractivity contribution is 7.15. The lowest BCUT2D eigenvalue weighted by atomic mass is 10.0. The molecule has 0 unspecified atom stereocenters. The Labute approximate surface area is 211 Å². The second kappa shape index (κ2) is 9.58. The normalized spacial score (nSPS) is 11.6. The SMILES string of the molecule is NC(=O)c1nc2cccc(-c3cccc(F)c3)c2nc1Cc1cnc(-c2ccc(OC(F)(F)F)cc2)s1. The van der Waals surface area contributed by atoms with Gasteiger partial charge in [-0.1, -0.05) is 24.3 Å². The number of primary amides is 1. The van der Waals surface area contributed by atoms with Crippen LogP contribution in [-0.4, -0.2) is 27.2 Å². The van der Waals surface area contributed by atoms with E-state index in [1.165, 1.54) is 47.7 Å². The van der Waals surface area contributed by atoms with Crippen LogP contribution in [0.1, 0.15) is 21.1 Å². The molecule has 2 heterocycles. The smallest absolute Gasteiger partial charge is 0.406 e. The van der Waals surface area contributed by atoms with Gasteiger partial charge in [-0.15, -0.1) is 24.5 Å². The Morgan fingerprint density at radius 2 is 1.73 bits per heavy atom. The standard InChI is InChI=1S/C26H16F4N4O2S/c27-16-4-1-3-15(11-16)19-5-2-6-20-22(19)34-21(23(33-20)24(31)35)12-18-13-32-25(37-18)14-7-9-17(10-8-14)36-26(28,29)30/h1-11,13H,12H2,(H2,31,35). The summed E-state index contributed by atoms with van der Waals surface area (Å²) in [7, 11) is 0. The van der Waals surface area contributed by atoms with Crippen molar-refractivity contribution >= 4 is 28.3 Å². The molecule has 5 aromatic rings. The second-order valence-electron chi connectivity index (χ2n) is 7.95. The highest BCUT2D eigenvalue weighted by Gasteiger charge is 2.31. The van der Waals surface area contributed by atoms with Crippen molar-refractivity contribution in [3.63, 3.8) is 0 Å². The van der Waals surface area contributed by atoms with E-state index in [1.807, 2.05) is 0 Å². The van der Waals surface area contributed by atoms with Gasteiger partial charge in [0, 0.05) is 28.6 Å². The number of hydrogen-bond donors (Lipinski definition) is 1. The van der Waals surface area contributed by atoms with Crippen LogP contribution in [0.4, 0.5) is 17.6 Å². The molecular formula is C26H16F4N4O2S. The summed E-state index contributed by atoms with van der Waals surface area (Å²) in [6.45, 7) is 0. The number of amides is 1. The molecule has 11 heteroatoms. The Kier molecular flexibility index (Phi) is 6.30. The van der Waals surface area contributed by atoms with E-state index in [0.717, 1.165) is 4.88 Å². The highest BCUT2D eigenvalue weighted by Crippen LogP contribution is 2.32. The first-order chi connectivity index (χ1) is 17.7. The Hall–Kier alpha value is -4.38. The maximum absolute atomic E-state index is 13.9. The molecule has 0 bridgehead atoms. The van der Waals surface area contributed by atoms with Crippen LogP contribution in [0.5, 0.6) is 5.75 Å². The summed E-state index contributed by atoms with van der Waals surface area (Å²) >= 11 is 1.28. The molecule has 0 fully saturated rings.